The van der Waals surface area contributed by atoms with Crippen LogP contribution in [0.3, 0.4) is 0 Å². The summed E-state index contributed by atoms with van der Waals surface area (Å²) in [6.45, 7) is 2.63. The van der Waals surface area contributed by atoms with Crippen molar-refractivity contribution in [3.05, 3.63) is 29.8 Å². The second-order valence-corrected chi connectivity index (χ2v) is 9.30. The molecule has 0 amide bonds. The summed E-state index contributed by atoms with van der Waals surface area (Å²) in [5, 5.41) is 0. The first-order chi connectivity index (χ1) is 13.1. The van der Waals surface area contributed by atoms with Gasteiger partial charge in [-0.25, -0.2) is 8.42 Å². The summed E-state index contributed by atoms with van der Waals surface area (Å²) in [4.78, 5) is -0.130. The highest BCUT2D eigenvalue weighted by Crippen LogP contribution is 2.32. The SMILES string of the molecule is CCC(N)CCO[C@H]1CC[C@H](N(C)S(=O)(=O)c2ccc(C(F)(F)F)cc2)CC1. The minimum absolute atomic E-state index is 0.0995. The maximum atomic E-state index is 12.8. The molecule has 9 heteroatoms. The van der Waals surface area contributed by atoms with Crippen LogP contribution in [0.1, 0.15) is 51.0 Å². The van der Waals surface area contributed by atoms with Crippen LogP contribution in [0, 0.1) is 0 Å². The van der Waals surface area contributed by atoms with Crippen molar-refractivity contribution in [2.45, 2.75) is 74.7 Å². The summed E-state index contributed by atoms with van der Waals surface area (Å²) in [5.74, 6) is 0. The molecule has 1 aliphatic carbocycles. The molecule has 0 saturated heterocycles. The molecule has 0 aliphatic heterocycles. The number of halogens is 3. The molecule has 1 aliphatic rings. The lowest BCUT2D eigenvalue weighted by molar-refractivity contribution is -0.137. The molecule has 28 heavy (non-hydrogen) atoms. The van der Waals surface area contributed by atoms with Crippen LogP contribution < -0.4 is 5.73 Å². The maximum absolute atomic E-state index is 12.8. The van der Waals surface area contributed by atoms with Crippen molar-refractivity contribution in [2.75, 3.05) is 13.7 Å². The van der Waals surface area contributed by atoms with Crippen LogP contribution in [-0.2, 0) is 20.9 Å². The van der Waals surface area contributed by atoms with Gasteiger partial charge >= 0.3 is 6.18 Å². The molecule has 0 spiro atoms. The number of alkyl halides is 3. The molecule has 1 atom stereocenters. The lowest BCUT2D eigenvalue weighted by atomic mass is 9.93. The van der Waals surface area contributed by atoms with Crippen molar-refractivity contribution in [1.82, 2.24) is 4.31 Å². The molecule has 1 aromatic carbocycles. The molecular weight excluding hydrogens is 393 g/mol. The van der Waals surface area contributed by atoms with Crippen LogP contribution in [0.2, 0.25) is 0 Å². The van der Waals surface area contributed by atoms with E-state index < -0.39 is 21.8 Å². The van der Waals surface area contributed by atoms with Gasteiger partial charge in [0.2, 0.25) is 10.0 Å². The van der Waals surface area contributed by atoms with E-state index in [1.54, 1.807) is 0 Å². The highest BCUT2D eigenvalue weighted by Gasteiger charge is 2.34. The van der Waals surface area contributed by atoms with Gasteiger partial charge in [-0.2, -0.15) is 17.5 Å². The van der Waals surface area contributed by atoms with Gasteiger partial charge in [-0.3, -0.25) is 0 Å². The smallest absolute Gasteiger partial charge is 0.378 e. The van der Waals surface area contributed by atoms with E-state index >= 15 is 0 Å². The summed E-state index contributed by atoms with van der Waals surface area (Å²) in [7, 11) is -2.36. The van der Waals surface area contributed by atoms with Gasteiger partial charge in [0.15, 0.2) is 0 Å². The molecule has 2 N–H and O–H groups in total. The first-order valence-corrected chi connectivity index (χ1v) is 11.0. The Balaban J connectivity index is 1.92. The number of hydrogen-bond donors (Lipinski definition) is 1. The predicted molar refractivity (Wildman–Crippen MR) is 101 cm³/mol. The fraction of sp³-hybridized carbons (Fsp3) is 0.684. The summed E-state index contributed by atoms with van der Waals surface area (Å²) >= 11 is 0. The minimum atomic E-state index is -4.49. The molecule has 0 radical (unpaired) electrons. The van der Waals surface area contributed by atoms with E-state index in [4.69, 9.17) is 10.5 Å². The Morgan fingerprint density at radius 2 is 1.75 bits per heavy atom. The van der Waals surface area contributed by atoms with Gasteiger partial charge in [0.1, 0.15) is 0 Å². The van der Waals surface area contributed by atoms with E-state index in [1.165, 1.54) is 11.4 Å². The van der Waals surface area contributed by atoms with Crippen LogP contribution in [0.4, 0.5) is 13.2 Å². The molecule has 1 unspecified atom stereocenters. The third-order valence-corrected chi connectivity index (χ3v) is 7.31. The third-order valence-electron chi connectivity index (χ3n) is 5.38. The average Bonchev–Trinajstić information content (AvgIpc) is 2.67. The standard InChI is InChI=1S/C19H29F3N2O3S/c1-3-15(23)12-13-27-17-8-6-16(7-9-17)24(2)28(25,26)18-10-4-14(5-11-18)19(20,21)22/h4-5,10-11,15-17H,3,6-9,12-13,23H2,1-2H3/t15?,16-,17-. The van der Waals surface area contributed by atoms with Crippen molar-refractivity contribution in [2.24, 2.45) is 5.73 Å². The number of nitrogens with zero attached hydrogens (tertiary/aromatic N) is 1. The zero-order valence-corrected chi connectivity index (χ0v) is 17.1. The van der Waals surface area contributed by atoms with Crippen LogP contribution >= 0.6 is 0 Å². The zero-order valence-electron chi connectivity index (χ0n) is 16.3. The molecule has 1 fully saturated rings. The van der Waals surface area contributed by atoms with E-state index in [2.05, 4.69) is 0 Å². The quantitative estimate of drug-likeness (QED) is 0.692. The molecule has 1 aromatic rings. The van der Waals surface area contributed by atoms with Gasteiger partial charge in [0.05, 0.1) is 16.6 Å². The number of ether oxygens (including phenoxy) is 1. The average molecular weight is 423 g/mol. The van der Waals surface area contributed by atoms with Crippen LogP contribution in [0.15, 0.2) is 29.2 Å². The molecule has 5 nitrogen and oxygen atoms in total. The fourth-order valence-corrected chi connectivity index (χ4v) is 4.76. The second-order valence-electron chi connectivity index (χ2n) is 7.30. The van der Waals surface area contributed by atoms with Crippen molar-refractivity contribution >= 4 is 10.0 Å². The van der Waals surface area contributed by atoms with E-state index in [1.807, 2.05) is 6.92 Å². The highest BCUT2D eigenvalue weighted by atomic mass is 32.2. The van der Waals surface area contributed by atoms with Gasteiger partial charge in [0.25, 0.3) is 0 Å². The summed E-state index contributed by atoms with van der Waals surface area (Å²) in [6, 6.07) is 3.57. The normalized spacial score (nSPS) is 22.4. The topological polar surface area (TPSA) is 72.6 Å². The van der Waals surface area contributed by atoms with E-state index in [0.29, 0.717) is 19.4 Å². The molecule has 0 heterocycles. The molecule has 0 bridgehead atoms. The van der Waals surface area contributed by atoms with Crippen molar-refractivity contribution < 1.29 is 26.3 Å². The van der Waals surface area contributed by atoms with Crippen molar-refractivity contribution in [3.8, 4) is 0 Å². The Morgan fingerprint density at radius 1 is 1.18 bits per heavy atom. The molecule has 1 saturated carbocycles. The monoisotopic (exact) mass is 422 g/mol. The zero-order chi connectivity index (χ0) is 20.9. The first kappa shape index (κ1) is 23.1. The van der Waals surface area contributed by atoms with Gasteiger partial charge in [-0.1, -0.05) is 6.92 Å². The largest absolute Gasteiger partial charge is 0.416 e. The van der Waals surface area contributed by atoms with Crippen molar-refractivity contribution in [3.63, 3.8) is 0 Å². The Kier molecular flexibility index (Phi) is 7.89. The first-order valence-electron chi connectivity index (χ1n) is 9.58. The van der Waals surface area contributed by atoms with Gasteiger partial charge in [0, 0.05) is 25.7 Å². The molecule has 0 aromatic heterocycles. The van der Waals surface area contributed by atoms with Crippen LogP contribution in [0.25, 0.3) is 0 Å². The fourth-order valence-electron chi connectivity index (χ4n) is 3.34. The van der Waals surface area contributed by atoms with Crippen LogP contribution in [0.5, 0.6) is 0 Å². The number of hydrogen-bond acceptors (Lipinski definition) is 4. The number of rotatable bonds is 8. The molecule has 2 rings (SSSR count). The third kappa shape index (κ3) is 5.92. The number of sulfonamides is 1. The second kappa shape index (κ2) is 9.56. The number of nitrogens with two attached hydrogens (primary N) is 1. The molecule has 160 valence electrons. The van der Waals surface area contributed by atoms with E-state index in [9.17, 15) is 21.6 Å². The minimum Gasteiger partial charge on any atom is -0.378 e. The predicted octanol–water partition coefficient (Wildman–Crippen LogP) is 3.78. The Bertz CT molecular complexity index is 715. The molecular formula is C19H29F3N2O3S. The maximum Gasteiger partial charge on any atom is 0.416 e. The van der Waals surface area contributed by atoms with E-state index in [0.717, 1.165) is 49.9 Å². The van der Waals surface area contributed by atoms with Gasteiger partial charge in [-0.15, -0.1) is 0 Å². The Labute approximate surface area is 165 Å². The Hall–Kier alpha value is -1.16. The highest BCUT2D eigenvalue weighted by molar-refractivity contribution is 7.89. The van der Waals surface area contributed by atoms with Crippen molar-refractivity contribution in [1.29, 1.82) is 0 Å². The lowest BCUT2D eigenvalue weighted by Gasteiger charge is -2.34. The summed E-state index contributed by atoms with van der Waals surface area (Å²) < 4.78 is 70.7. The number of benzene rings is 1. The lowest BCUT2D eigenvalue weighted by Crippen LogP contribution is -2.40. The van der Waals surface area contributed by atoms with Gasteiger partial charge in [-0.05, 0) is 62.8 Å². The Morgan fingerprint density at radius 3 is 2.25 bits per heavy atom. The van der Waals surface area contributed by atoms with E-state index in [-0.39, 0.29) is 23.1 Å². The summed E-state index contributed by atoms with van der Waals surface area (Å²) in [5.41, 5.74) is 5.00. The van der Waals surface area contributed by atoms with Gasteiger partial charge < -0.3 is 10.5 Å². The summed E-state index contributed by atoms with van der Waals surface area (Å²) in [6.07, 6.45) is 0.122. The van der Waals surface area contributed by atoms with Crippen LogP contribution in [-0.4, -0.2) is 44.6 Å².